The van der Waals surface area contributed by atoms with Gasteiger partial charge in [-0.25, -0.2) is 0 Å². The van der Waals surface area contributed by atoms with Crippen molar-refractivity contribution in [2.45, 2.75) is 52.6 Å². The minimum atomic E-state index is -0.677. The fourth-order valence-corrected chi connectivity index (χ4v) is 2.27. The van der Waals surface area contributed by atoms with Crippen LogP contribution >= 0.6 is 0 Å². The van der Waals surface area contributed by atoms with Crippen molar-refractivity contribution in [1.82, 2.24) is 15.1 Å². The van der Waals surface area contributed by atoms with Crippen LogP contribution in [0.3, 0.4) is 0 Å². The second kappa shape index (κ2) is 6.70. The van der Waals surface area contributed by atoms with Gasteiger partial charge in [0.05, 0.1) is 18.3 Å². The lowest BCUT2D eigenvalue weighted by molar-refractivity contribution is -0.151. The van der Waals surface area contributed by atoms with E-state index in [0.29, 0.717) is 13.0 Å². The average molecular weight is 267 g/mol. The van der Waals surface area contributed by atoms with E-state index in [-0.39, 0.29) is 12.0 Å². The molecule has 1 aromatic rings. The molecule has 0 bridgehead atoms. The molecule has 0 spiro atoms. The van der Waals surface area contributed by atoms with Crippen LogP contribution in [0.2, 0.25) is 0 Å². The molecular formula is C14H25N3O2. The molecule has 0 radical (unpaired) electrons. The predicted octanol–water partition coefficient (Wildman–Crippen LogP) is 2.07. The second-order valence-corrected chi connectivity index (χ2v) is 5.07. The first kappa shape index (κ1) is 15.7. The number of hydrogen-bond donors (Lipinski definition) is 1. The summed E-state index contributed by atoms with van der Waals surface area (Å²) < 4.78 is 7.06. The zero-order valence-corrected chi connectivity index (χ0v) is 12.6. The van der Waals surface area contributed by atoms with Crippen LogP contribution in [0.5, 0.6) is 0 Å². The number of likely N-dealkylation sites (N-methyl/N-ethyl adjacent to an activating group) is 1. The Kier molecular flexibility index (Phi) is 5.54. The highest BCUT2D eigenvalue weighted by atomic mass is 16.5. The highest BCUT2D eigenvalue weighted by molar-refractivity contribution is 5.80. The number of ether oxygens (including phenoxy) is 1. The van der Waals surface area contributed by atoms with E-state index < -0.39 is 5.54 Å². The summed E-state index contributed by atoms with van der Waals surface area (Å²) in [4.78, 5) is 12.1. The molecule has 0 saturated carbocycles. The summed E-state index contributed by atoms with van der Waals surface area (Å²) in [5.41, 5.74) is 0.303. The van der Waals surface area contributed by atoms with Gasteiger partial charge in [-0.15, -0.1) is 0 Å². The smallest absolute Gasteiger partial charge is 0.326 e. The number of esters is 1. The van der Waals surface area contributed by atoms with Crippen LogP contribution in [0.15, 0.2) is 12.3 Å². The molecule has 0 aliphatic carbocycles. The van der Waals surface area contributed by atoms with Gasteiger partial charge in [-0.3, -0.25) is 9.48 Å². The Balaban J connectivity index is 2.80. The van der Waals surface area contributed by atoms with E-state index in [1.165, 1.54) is 0 Å². The van der Waals surface area contributed by atoms with Crippen LogP contribution in [0, 0.1) is 6.92 Å². The molecule has 2 unspecified atom stereocenters. The Hall–Kier alpha value is -1.36. The molecule has 1 N–H and O–H groups in total. The van der Waals surface area contributed by atoms with Crippen LogP contribution in [0.25, 0.3) is 0 Å². The topological polar surface area (TPSA) is 56.2 Å². The van der Waals surface area contributed by atoms with Crippen molar-refractivity contribution in [1.29, 1.82) is 0 Å². The Morgan fingerprint density at radius 1 is 1.58 bits per heavy atom. The Labute approximate surface area is 115 Å². The van der Waals surface area contributed by atoms with Gasteiger partial charge in [0.25, 0.3) is 0 Å². The van der Waals surface area contributed by atoms with Gasteiger partial charge in [0.2, 0.25) is 0 Å². The van der Waals surface area contributed by atoms with Gasteiger partial charge < -0.3 is 10.1 Å². The minimum absolute atomic E-state index is 0.127. The van der Waals surface area contributed by atoms with Crippen LogP contribution in [0.4, 0.5) is 0 Å². The van der Waals surface area contributed by atoms with Crippen molar-refractivity contribution in [2.24, 2.45) is 0 Å². The van der Waals surface area contributed by atoms with E-state index in [0.717, 1.165) is 12.2 Å². The van der Waals surface area contributed by atoms with Crippen molar-refractivity contribution < 1.29 is 9.53 Å². The zero-order valence-electron chi connectivity index (χ0n) is 12.6. The standard InChI is InChI=1S/C14H25N3O2/c1-6-15-14(5,13(18)19-7-2)10-12(4)17-9-8-11(3)16-17/h8-9,12,15H,6-7,10H2,1-5H3. The van der Waals surface area contributed by atoms with Crippen LogP contribution < -0.4 is 5.32 Å². The Bertz CT molecular complexity index is 417. The maximum absolute atomic E-state index is 12.1. The number of aryl methyl sites for hydroxylation is 1. The summed E-state index contributed by atoms with van der Waals surface area (Å²) in [5, 5.41) is 7.63. The van der Waals surface area contributed by atoms with Gasteiger partial charge in [0, 0.05) is 6.20 Å². The number of carbonyl (C=O) groups excluding carboxylic acids is 1. The number of hydrogen-bond acceptors (Lipinski definition) is 4. The molecule has 1 heterocycles. The lowest BCUT2D eigenvalue weighted by Crippen LogP contribution is -2.51. The molecule has 2 atom stereocenters. The Morgan fingerprint density at radius 2 is 2.26 bits per heavy atom. The molecule has 0 saturated heterocycles. The maximum Gasteiger partial charge on any atom is 0.326 e. The molecule has 0 amide bonds. The minimum Gasteiger partial charge on any atom is -0.465 e. The molecule has 19 heavy (non-hydrogen) atoms. The van der Waals surface area contributed by atoms with E-state index in [1.807, 2.05) is 44.6 Å². The van der Waals surface area contributed by atoms with Crippen molar-refractivity contribution in [3.63, 3.8) is 0 Å². The Morgan fingerprint density at radius 3 is 2.74 bits per heavy atom. The van der Waals surface area contributed by atoms with Crippen molar-refractivity contribution in [3.8, 4) is 0 Å². The van der Waals surface area contributed by atoms with Crippen molar-refractivity contribution >= 4 is 5.97 Å². The SMILES string of the molecule is CCNC(C)(CC(C)n1ccc(C)n1)C(=O)OCC. The summed E-state index contributed by atoms with van der Waals surface area (Å²) in [5.74, 6) is -0.201. The van der Waals surface area contributed by atoms with E-state index in [4.69, 9.17) is 4.74 Å². The summed E-state index contributed by atoms with van der Waals surface area (Å²) in [6.45, 7) is 10.8. The molecular weight excluding hydrogens is 242 g/mol. The number of carbonyl (C=O) groups is 1. The van der Waals surface area contributed by atoms with Crippen LogP contribution in [-0.4, -0.2) is 34.4 Å². The first-order chi connectivity index (χ1) is 8.92. The summed E-state index contributed by atoms with van der Waals surface area (Å²) in [6, 6.07) is 2.09. The number of aromatic nitrogens is 2. The van der Waals surface area contributed by atoms with Crippen LogP contribution in [0.1, 0.15) is 45.9 Å². The van der Waals surface area contributed by atoms with Gasteiger partial charge in [0.1, 0.15) is 5.54 Å². The third-order valence-corrected chi connectivity index (χ3v) is 3.19. The third kappa shape index (κ3) is 4.06. The van der Waals surface area contributed by atoms with Crippen molar-refractivity contribution in [2.75, 3.05) is 13.2 Å². The zero-order chi connectivity index (χ0) is 14.5. The van der Waals surface area contributed by atoms with E-state index in [2.05, 4.69) is 17.3 Å². The highest BCUT2D eigenvalue weighted by Crippen LogP contribution is 2.22. The molecule has 0 fully saturated rings. The molecule has 5 heteroatoms. The fourth-order valence-electron chi connectivity index (χ4n) is 2.27. The monoisotopic (exact) mass is 267 g/mol. The highest BCUT2D eigenvalue weighted by Gasteiger charge is 2.35. The lowest BCUT2D eigenvalue weighted by Gasteiger charge is -2.30. The number of rotatable bonds is 7. The van der Waals surface area contributed by atoms with E-state index in [1.54, 1.807) is 0 Å². The van der Waals surface area contributed by atoms with Gasteiger partial charge in [-0.05, 0) is 46.7 Å². The molecule has 108 valence electrons. The molecule has 5 nitrogen and oxygen atoms in total. The summed E-state index contributed by atoms with van der Waals surface area (Å²) in [7, 11) is 0. The molecule has 0 aliphatic rings. The average Bonchev–Trinajstić information content (AvgIpc) is 2.76. The van der Waals surface area contributed by atoms with Gasteiger partial charge >= 0.3 is 5.97 Å². The maximum atomic E-state index is 12.1. The normalized spacial score (nSPS) is 15.8. The predicted molar refractivity (Wildman–Crippen MR) is 75.0 cm³/mol. The number of nitrogens with zero attached hydrogens (tertiary/aromatic N) is 2. The van der Waals surface area contributed by atoms with Gasteiger partial charge in [0.15, 0.2) is 0 Å². The van der Waals surface area contributed by atoms with Gasteiger partial charge in [-0.1, -0.05) is 6.92 Å². The molecule has 1 rings (SSSR count). The van der Waals surface area contributed by atoms with Gasteiger partial charge in [-0.2, -0.15) is 5.10 Å². The quantitative estimate of drug-likeness (QED) is 0.768. The largest absolute Gasteiger partial charge is 0.465 e. The number of nitrogens with one attached hydrogen (secondary N) is 1. The first-order valence-electron chi connectivity index (χ1n) is 6.87. The summed E-state index contributed by atoms with van der Waals surface area (Å²) >= 11 is 0. The van der Waals surface area contributed by atoms with Crippen LogP contribution in [-0.2, 0) is 9.53 Å². The summed E-state index contributed by atoms with van der Waals surface area (Å²) in [6.07, 6.45) is 2.58. The third-order valence-electron chi connectivity index (χ3n) is 3.19. The lowest BCUT2D eigenvalue weighted by atomic mass is 9.93. The molecule has 0 aromatic carbocycles. The molecule has 0 aliphatic heterocycles. The first-order valence-corrected chi connectivity index (χ1v) is 6.87. The molecule has 1 aromatic heterocycles. The van der Waals surface area contributed by atoms with E-state index in [9.17, 15) is 4.79 Å². The van der Waals surface area contributed by atoms with Crippen molar-refractivity contribution in [3.05, 3.63) is 18.0 Å². The second-order valence-electron chi connectivity index (χ2n) is 5.07. The fraction of sp³-hybridized carbons (Fsp3) is 0.714. The van der Waals surface area contributed by atoms with E-state index >= 15 is 0 Å².